The highest BCUT2D eigenvalue weighted by atomic mass is 32.1. The van der Waals surface area contributed by atoms with E-state index in [0.29, 0.717) is 12.6 Å². The molecule has 0 aliphatic rings. The summed E-state index contributed by atoms with van der Waals surface area (Å²) in [5, 5.41) is 4.11. The molecule has 0 aliphatic heterocycles. The number of pyridine rings is 1. The van der Waals surface area contributed by atoms with Crippen LogP contribution in [0.1, 0.15) is 25.0 Å². The molecule has 0 radical (unpaired) electrons. The van der Waals surface area contributed by atoms with Crippen molar-refractivity contribution < 1.29 is 4.74 Å². The number of nitrogens with one attached hydrogen (secondary N) is 1. The van der Waals surface area contributed by atoms with Crippen molar-refractivity contribution >= 4 is 17.3 Å². The summed E-state index contributed by atoms with van der Waals surface area (Å²) in [6.45, 7) is 5.89. The number of methoxy groups -OCH3 is 1. The van der Waals surface area contributed by atoms with Gasteiger partial charge in [-0.25, -0.2) is 0 Å². The molecule has 128 valence electrons. The van der Waals surface area contributed by atoms with E-state index in [0.717, 1.165) is 29.4 Å². The van der Waals surface area contributed by atoms with Crippen molar-refractivity contribution in [1.82, 2.24) is 15.2 Å². The fourth-order valence-electron chi connectivity index (χ4n) is 2.65. The maximum Gasteiger partial charge on any atom is 0.169 e. The molecule has 0 saturated carbocycles. The largest absolute Gasteiger partial charge is 0.497 e. The lowest BCUT2D eigenvalue weighted by Gasteiger charge is -2.31. The lowest BCUT2D eigenvalue weighted by molar-refractivity contribution is 0.337. The van der Waals surface area contributed by atoms with Gasteiger partial charge < -0.3 is 15.0 Å². The second kappa shape index (κ2) is 9.23. The van der Waals surface area contributed by atoms with Crippen molar-refractivity contribution in [2.45, 2.75) is 32.9 Å². The van der Waals surface area contributed by atoms with E-state index in [1.165, 1.54) is 5.56 Å². The van der Waals surface area contributed by atoms with Gasteiger partial charge in [0, 0.05) is 31.5 Å². The number of rotatable bonds is 7. The monoisotopic (exact) mass is 343 g/mol. The van der Waals surface area contributed by atoms with E-state index in [4.69, 9.17) is 17.0 Å². The average Bonchev–Trinajstić information content (AvgIpc) is 2.62. The van der Waals surface area contributed by atoms with Crippen molar-refractivity contribution in [1.29, 1.82) is 0 Å². The Morgan fingerprint density at radius 1 is 1.25 bits per heavy atom. The van der Waals surface area contributed by atoms with Crippen molar-refractivity contribution in [3.8, 4) is 5.75 Å². The van der Waals surface area contributed by atoms with Crippen LogP contribution in [0.4, 0.5) is 0 Å². The molecule has 1 N–H and O–H groups in total. The standard InChI is InChI=1S/C19H25N3OS/c1-4-22(19(24)21-14-17-6-5-11-20-13-17)15(2)12-16-7-9-18(23-3)10-8-16/h5-11,13,15H,4,12,14H2,1-3H3,(H,21,24). The zero-order valence-electron chi connectivity index (χ0n) is 14.5. The van der Waals surface area contributed by atoms with Crippen molar-refractivity contribution in [3.63, 3.8) is 0 Å². The third kappa shape index (κ3) is 5.20. The van der Waals surface area contributed by atoms with Crippen molar-refractivity contribution in [3.05, 3.63) is 59.9 Å². The average molecular weight is 343 g/mol. The maximum atomic E-state index is 5.58. The highest BCUT2D eigenvalue weighted by molar-refractivity contribution is 7.80. The molecule has 0 saturated heterocycles. The Bertz CT molecular complexity index is 631. The minimum atomic E-state index is 0.317. The summed E-state index contributed by atoms with van der Waals surface area (Å²) in [6.07, 6.45) is 4.57. The number of ether oxygens (including phenoxy) is 1. The molecule has 2 rings (SSSR count). The van der Waals surface area contributed by atoms with E-state index in [1.807, 2.05) is 30.5 Å². The molecule has 1 aromatic heterocycles. The number of thiocarbonyl (C=S) groups is 1. The van der Waals surface area contributed by atoms with E-state index < -0.39 is 0 Å². The first kappa shape index (κ1) is 18.2. The van der Waals surface area contributed by atoms with Crippen LogP contribution in [0.15, 0.2) is 48.8 Å². The molecule has 2 aromatic rings. The second-order valence-electron chi connectivity index (χ2n) is 5.71. The Morgan fingerprint density at radius 3 is 2.58 bits per heavy atom. The number of hydrogen-bond acceptors (Lipinski definition) is 3. The molecule has 0 amide bonds. The Hall–Kier alpha value is -2.14. The molecule has 4 nitrogen and oxygen atoms in total. The van der Waals surface area contributed by atoms with Gasteiger partial charge in [0.05, 0.1) is 7.11 Å². The van der Waals surface area contributed by atoms with Gasteiger partial charge in [-0.3, -0.25) is 4.98 Å². The van der Waals surface area contributed by atoms with Crippen LogP contribution in [0, 0.1) is 0 Å². The van der Waals surface area contributed by atoms with Gasteiger partial charge in [-0.2, -0.15) is 0 Å². The molecule has 1 atom stereocenters. The predicted octanol–water partition coefficient (Wildman–Crippen LogP) is 3.42. The van der Waals surface area contributed by atoms with Crippen LogP contribution in [0.5, 0.6) is 5.75 Å². The predicted molar refractivity (Wildman–Crippen MR) is 102 cm³/mol. The van der Waals surface area contributed by atoms with Crippen LogP contribution in [0.2, 0.25) is 0 Å². The minimum absolute atomic E-state index is 0.317. The lowest BCUT2D eigenvalue weighted by Crippen LogP contribution is -2.45. The Labute approximate surface area is 149 Å². The third-order valence-corrected chi connectivity index (χ3v) is 4.37. The van der Waals surface area contributed by atoms with Crippen LogP contribution in [-0.4, -0.2) is 34.7 Å². The molecule has 1 heterocycles. The number of aromatic nitrogens is 1. The zero-order valence-corrected chi connectivity index (χ0v) is 15.3. The van der Waals surface area contributed by atoms with Gasteiger partial charge in [-0.05, 0) is 61.8 Å². The quantitative estimate of drug-likeness (QED) is 0.780. The van der Waals surface area contributed by atoms with Gasteiger partial charge in [-0.1, -0.05) is 18.2 Å². The molecule has 0 spiro atoms. The van der Waals surface area contributed by atoms with Gasteiger partial charge in [-0.15, -0.1) is 0 Å². The molecular weight excluding hydrogens is 318 g/mol. The van der Waals surface area contributed by atoms with E-state index >= 15 is 0 Å². The number of hydrogen-bond donors (Lipinski definition) is 1. The topological polar surface area (TPSA) is 37.4 Å². The van der Waals surface area contributed by atoms with Crippen LogP contribution < -0.4 is 10.1 Å². The van der Waals surface area contributed by atoms with Crippen LogP contribution in [0.25, 0.3) is 0 Å². The van der Waals surface area contributed by atoms with E-state index in [9.17, 15) is 0 Å². The maximum absolute atomic E-state index is 5.58. The van der Waals surface area contributed by atoms with Gasteiger partial charge in [0.1, 0.15) is 5.75 Å². The van der Waals surface area contributed by atoms with Gasteiger partial charge in [0.2, 0.25) is 0 Å². The number of likely N-dealkylation sites (N-methyl/N-ethyl adjacent to an activating group) is 1. The summed E-state index contributed by atoms with van der Waals surface area (Å²) in [4.78, 5) is 6.34. The van der Waals surface area contributed by atoms with Crippen LogP contribution >= 0.6 is 12.2 Å². The molecule has 0 fully saturated rings. The SMILES string of the molecule is CCN(C(=S)NCc1cccnc1)C(C)Cc1ccc(OC)cc1. The van der Waals surface area contributed by atoms with E-state index in [2.05, 4.69) is 41.2 Å². The first-order chi connectivity index (χ1) is 11.6. The summed E-state index contributed by atoms with van der Waals surface area (Å²) < 4.78 is 5.21. The Kier molecular flexibility index (Phi) is 7.00. The molecule has 0 aliphatic carbocycles. The molecule has 0 bridgehead atoms. The molecule has 5 heteroatoms. The molecular formula is C19H25N3OS. The van der Waals surface area contributed by atoms with Gasteiger partial charge in [0.25, 0.3) is 0 Å². The fraction of sp³-hybridized carbons (Fsp3) is 0.368. The highest BCUT2D eigenvalue weighted by Gasteiger charge is 2.15. The summed E-state index contributed by atoms with van der Waals surface area (Å²) in [6, 6.07) is 12.5. The summed E-state index contributed by atoms with van der Waals surface area (Å²) in [5.74, 6) is 0.882. The normalized spacial score (nSPS) is 11.6. The van der Waals surface area contributed by atoms with E-state index in [1.54, 1.807) is 13.3 Å². The fourth-order valence-corrected chi connectivity index (χ4v) is 3.03. The van der Waals surface area contributed by atoms with Crippen LogP contribution in [-0.2, 0) is 13.0 Å². The Morgan fingerprint density at radius 2 is 2.00 bits per heavy atom. The van der Waals surface area contributed by atoms with E-state index in [-0.39, 0.29) is 0 Å². The number of nitrogens with zero attached hydrogens (tertiary/aromatic N) is 2. The minimum Gasteiger partial charge on any atom is -0.497 e. The summed E-state index contributed by atoms with van der Waals surface area (Å²) in [7, 11) is 1.68. The van der Waals surface area contributed by atoms with Crippen molar-refractivity contribution in [2.24, 2.45) is 0 Å². The zero-order chi connectivity index (χ0) is 17.4. The Balaban J connectivity index is 1.91. The molecule has 1 aromatic carbocycles. The number of benzene rings is 1. The summed E-state index contributed by atoms with van der Waals surface area (Å²) in [5.41, 5.74) is 2.40. The first-order valence-corrected chi connectivity index (χ1v) is 8.61. The second-order valence-corrected chi connectivity index (χ2v) is 6.09. The van der Waals surface area contributed by atoms with Gasteiger partial charge in [0.15, 0.2) is 5.11 Å². The molecule has 24 heavy (non-hydrogen) atoms. The van der Waals surface area contributed by atoms with Crippen molar-refractivity contribution in [2.75, 3.05) is 13.7 Å². The third-order valence-electron chi connectivity index (χ3n) is 3.99. The highest BCUT2D eigenvalue weighted by Crippen LogP contribution is 2.15. The first-order valence-electron chi connectivity index (χ1n) is 8.20. The van der Waals surface area contributed by atoms with Gasteiger partial charge >= 0.3 is 0 Å². The lowest BCUT2D eigenvalue weighted by atomic mass is 10.1. The smallest absolute Gasteiger partial charge is 0.169 e. The summed E-state index contributed by atoms with van der Waals surface area (Å²) >= 11 is 5.58. The molecule has 1 unspecified atom stereocenters. The van der Waals surface area contributed by atoms with Crippen LogP contribution in [0.3, 0.4) is 0 Å².